The van der Waals surface area contributed by atoms with Gasteiger partial charge in [0.15, 0.2) is 0 Å². The molecule has 1 atom stereocenters. The van der Waals surface area contributed by atoms with Crippen LogP contribution in [0.4, 0.5) is 13.2 Å². The van der Waals surface area contributed by atoms with Crippen LogP contribution in [0.3, 0.4) is 0 Å². The summed E-state index contributed by atoms with van der Waals surface area (Å²) in [4.78, 5) is 25.3. The molecule has 23 heavy (non-hydrogen) atoms. The summed E-state index contributed by atoms with van der Waals surface area (Å²) in [6.07, 6.45) is -4.03. The molecule has 0 bridgehead atoms. The van der Waals surface area contributed by atoms with E-state index in [2.05, 4.69) is 0 Å². The molecule has 1 heterocycles. The maximum atomic E-state index is 12.2. The molecule has 8 heteroatoms. The summed E-state index contributed by atoms with van der Waals surface area (Å²) in [5.74, 6) is -1.40. The van der Waals surface area contributed by atoms with Crippen LogP contribution in [-0.4, -0.2) is 36.0 Å². The first-order valence-corrected chi connectivity index (χ1v) is 7.49. The maximum Gasteiger partial charge on any atom is 0.405 e. The van der Waals surface area contributed by atoms with Crippen molar-refractivity contribution in [3.63, 3.8) is 0 Å². The second-order valence-electron chi connectivity index (χ2n) is 5.47. The minimum Gasteiger partial charge on any atom is -0.347 e. The number of likely N-dealkylation sites (tertiary alicyclic amines) is 1. The molecular weight excluding hydrogens is 333 g/mol. The molecule has 2 amide bonds. The van der Waals surface area contributed by atoms with Gasteiger partial charge in [0.1, 0.15) is 6.54 Å². The largest absolute Gasteiger partial charge is 0.405 e. The van der Waals surface area contributed by atoms with Crippen molar-refractivity contribution in [2.24, 2.45) is 5.92 Å². The Hall–Kier alpha value is -1.76. The molecule has 1 aromatic rings. The molecular formula is C15H16ClF3N2O2. The van der Waals surface area contributed by atoms with E-state index < -0.39 is 24.5 Å². The molecule has 1 saturated heterocycles. The van der Waals surface area contributed by atoms with Crippen LogP contribution >= 0.6 is 11.6 Å². The molecule has 1 aliphatic rings. The third-order valence-corrected chi connectivity index (χ3v) is 3.87. The zero-order valence-corrected chi connectivity index (χ0v) is 13.0. The highest BCUT2D eigenvalue weighted by Crippen LogP contribution is 2.21. The van der Waals surface area contributed by atoms with Crippen LogP contribution in [0, 0.1) is 5.92 Å². The first kappa shape index (κ1) is 17.6. The van der Waals surface area contributed by atoms with Gasteiger partial charge < -0.3 is 10.2 Å². The predicted molar refractivity (Wildman–Crippen MR) is 78.7 cm³/mol. The van der Waals surface area contributed by atoms with E-state index in [1.54, 1.807) is 24.3 Å². The van der Waals surface area contributed by atoms with Gasteiger partial charge in [0, 0.05) is 24.5 Å². The van der Waals surface area contributed by atoms with Crippen LogP contribution in [0.2, 0.25) is 5.02 Å². The number of alkyl halides is 3. The first-order valence-electron chi connectivity index (χ1n) is 7.11. The number of carbonyl (C=O) groups excluding carboxylic acids is 2. The summed E-state index contributed by atoms with van der Waals surface area (Å²) in [5.41, 5.74) is 0.846. The molecule has 0 saturated carbocycles. The van der Waals surface area contributed by atoms with Crippen LogP contribution in [0.1, 0.15) is 18.4 Å². The zero-order chi connectivity index (χ0) is 17.0. The van der Waals surface area contributed by atoms with Gasteiger partial charge in [0.25, 0.3) is 0 Å². The van der Waals surface area contributed by atoms with Crippen molar-refractivity contribution < 1.29 is 22.8 Å². The van der Waals surface area contributed by atoms with Crippen molar-refractivity contribution in [3.8, 4) is 0 Å². The maximum absolute atomic E-state index is 12.2. The van der Waals surface area contributed by atoms with Crippen molar-refractivity contribution in [2.45, 2.75) is 25.6 Å². The normalized spacial score (nSPS) is 18.9. The minimum absolute atomic E-state index is 0.111. The van der Waals surface area contributed by atoms with Gasteiger partial charge in [0.2, 0.25) is 11.8 Å². The fourth-order valence-corrected chi connectivity index (χ4v) is 2.55. The molecule has 2 rings (SSSR count). The molecule has 0 radical (unpaired) electrons. The van der Waals surface area contributed by atoms with Gasteiger partial charge in [-0.15, -0.1) is 0 Å². The standard InChI is InChI=1S/C15H16ClF3N2O2/c16-12-4-1-10(2-5-12)7-21-8-11(3-6-13(21)22)14(23)20-9-15(17,18)19/h1-2,4-5,11H,3,6-9H2,(H,20,23)/t11-/m1/s1. The molecule has 1 N–H and O–H groups in total. The third kappa shape index (κ3) is 5.42. The molecule has 4 nitrogen and oxygen atoms in total. The SMILES string of the molecule is O=C(NCC(F)(F)F)[C@@H]1CCC(=O)N(Cc2ccc(Cl)cc2)C1. The van der Waals surface area contributed by atoms with E-state index in [0.717, 1.165) is 5.56 Å². The molecule has 1 aromatic carbocycles. The highest BCUT2D eigenvalue weighted by molar-refractivity contribution is 6.30. The van der Waals surface area contributed by atoms with Crippen molar-refractivity contribution in [3.05, 3.63) is 34.9 Å². The second kappa shape index (κ2) is 7.21. The van der Waals surface area contributed by atoms with Crippen molar-refractivity contribution in [1.29, 1.82) is 0 Å². The average molecular weight is 349 g/mol. The lowest BCUT2D eigenvalue weighted by Crippen LogP contribution is -2.46. The number of piperidine rings is 1. The zero-order valence-electron chi connectivity index (χ0n) is 12.2. The third-order valence-electron chi connectivity index (χ3n) is 3.62. The highest BCUT2D eigenvalue weighted by Gasteiger charge is 2.33. The lowest BCUT2D eigenvalue weighted by molar-refractivity contribution is -0.145. The first-order chi connectivity index (χ1) is 10.7. The minimum atomic E-state index is -4.44. The van der Waals surface area contributed by atoms with Gasteiger partial charge in [0.05, 0.1) is 5.92 Å². The van der Waals surface area contributed by atoms with E-state index in [4.69, 9.17) is 11.6 Å². The van der Waals surface area contributed by atoms with Gasteiger partial charge in [-0.05, 0) is 24.1 Å². The highest BCUT2D eigenvalue weighted by atomic mass is 35.5. The van der Waals surface area contributed by atoms with E-state index in [9.17, 15) is 22.8 Å². The van der Waals surface area contributed by atoms with E-state index >= 15 is 0 Å². The van der Waals surface area contributed by atoms with E-state index in [-0.39, 0.29) is 25.3 Å². The lowest BCUT2D eigenvalue weighted by atomic mass is 9.96. The summed E-state index contributed by atoms with van der Waals surface area (Å²) in [6, 6.07) is 6.92. The van der Waals surface area contributed by atoms with Crippen molar-refractivity contribution in [1.82, 2.24) is 10.2 Å². The number of nitrogens with one attached hydrogen (secondary N) is 1. The van der Waals surface area contributed by atoms with E-state index in [1.807, 2.05) is 5.32 Å². The topological polar surface area (TPSA) is 49.4 Å². The quantitative estimate of drug-likeness (QED) is 0.909. The van der Waals surface area contributed by atoms with Gasteiger partial charge in [-0.2, -0.15) is 13.2 Å². The Morgan fingerprint density at radius 1 is 1.30 bits per heavy atom. The molecule has 0 unspecified atom stereocenters. The molecule has 126 valence electrons. The molecule has 0 spiro atoms. The predicted octanol–water partition coefficient (Wildman–Crippen LogP) is 2.76. The fourth-order valence-electron chi connectivity index (χ4n) is 2.42. The summed E-state index contributed by atoms with van der Waals surface area (Å²) in [6.45, 7) is -0.933. The van der Waals surface area contributed by atoms with Crippen LogP contribution in [0.5, 0.6) is 0 Å². The Labute approximate surface area is 136 Å². The van der Waals surface area contributed by atoms with Crippen LogP contribution in [-0.2, 0) is 16.1 Å². The molecule has 1 aliphatic heterocycles. The smallest absolute Gasteiger partial charge is 0.347 e. The number of halogens is 4. The number of nitrogens with zero attached hydrogens (tertiary/aromatic N) is 1. The number of carbonyl (C=O) groups is 2. The monoisotopic (exact) mass is 348 g/mol. The van der Waals surface area contributed by atoms with E-state index in [1.165, 1.54) is 4.90 Å². The molecule has 1 fully saturated rings. The summed E-state index contributed by atoms with van der Waals surface area (Å²) >= 11 is 5.79. The van der Waals surface area contributed by atoms with Crippen LogP contribution in [0.25, 0.3) is 0 Å². The summed E-state index contributed by atoms with van der Waals surface area (Å²) < 4.78 is 36.5. The summed E-state index contributed by atoms with van der Waals surface area (Å²) in [7, 11) is 0. The van der Waals surface area contributed by atoms with Crippen molar-refractivity contribution >= 4 is 23.4 Å². The Morgan fingerprint density at radius 3 is 2.57 bits per heavy atom. The Balaban J connectivity index is 1.94. The fraction of sp³-hybridized carbons (Fsp3) is 0.467. The Kier molecular flexibility index (Phi) is 5.51. The molecule has 0 aromatic heterocycles. The number of benzene rings is 1. The number of hydrogen-bond acceptors (Lipinski definition) is 2. The number of amides is 2. The number of hydrogen-bond donors (Lipinski definition) is 1. The van der Waals surface area contributed by atoms with E-state index in [0.29, 0.717) is 11.6 Å². The number of rotatable bonds is 4. The van der Waals surface area contributed by atoms with Crippen LogP contribution in [0.15, 0.2) is 24.3 Å². The molecule has 0 aliphatic carbocycles. The van der Waals surface area contributed by atoms with Crippen LogP contribution < -0.4 is 5.32 Å². The average Bonchev–Trinajstić information content (AvgIpc) is 2.48. The van der Waals surface area contributed by atoms with Gasteiger partial charge >= 0.3 is 6.18 Å². The van der Waals surface area contributed by atoms with Crippen molar-refractivity contribution in [2.75, 3.05) is 13.1 Å². The van der Waals surface area contributed by atoms with Gasteiger partial charge in [-0.3, -0.25) is 9.59 Å². The second-order valence-corrected chi connectivity index (χ2v) is 5.91. The Bertz CT molecular complexity index is 575. The van der Waals surface area contributed by atoms with Gasteiger partial charge in [-0.1, -0.05) is 23.7 Å². The summed E-state index contributed by atoms with van der Waals surface area (Å²) in [5, 5.41) is 2.45. The Morgan fingerprint density at radius 2 is 1.96 bits per heavy atom. The van der Waals surface area contributed by atoms with Gasteiger partial charge in [-0.25, -0.2) is 0 Å². The lowest BCUT2D eigenvalue weighted by Gasteiger charge is -2.32.